The number of hydrogen-bond donors (Lipinski definition) is 2. The second kappa shape index (κ2) is 6.09. The van der Waals surface area contributed by atoms with Crippen LogP contribution in [0.15, 0.2) is 23.1 Å². The van der Waals surface area contributed by atoms with E-state index in [0.29, 0.717) is 18.4 Å². The third-order valence-electron chi connectivity index (χ3n) is 3.45. The Morgan fingerprint density at radius 2 is 2.05 bits per heavy atom. The van der Waals surface area contributed by atoms with E-state index in [-0.39, 0.29) is 29.4 Å². The van der Waals surface area contributed by atoms with E-state index in [1.165, 1.54) is 13.2 Å². The van der Waals surface area contributed by atoms with Gasteiger partial charge in [0.1, 0.15) is 10.6 Å². The van der Waals surface area contributed by atoms with Crippen molar-refractivity contribution in [1.29, 1.82) is 0 Å². The van der Waals surface area contributed by atoms with Gasteiger partial charge in [-0.25, -0.2) is 13.1 Å². The van der Waals surface area contributed by atoms with Crippen LogP contribution in [0.2, 0.25) is 0 Å². The molecular formula is C13H19NO5S. The average Bonchev–Trinajstić information content (AvgIpc) is 2.41. The number of methoxy groups -OCH3 is 2. The monoisotopic (exact) mass is 301 g/mol. The summed E-state index contributed by atoms with van der Waals surface area (Å²) in [6.07, 6.45) is 1.45. The van der Waals surface area contributed by atoms with Gasteiger partial charge in [-0.2, -0.15) is 0 Å². The lowest BCUT2D eigenvalue weighted by atomic mass is 9.90. The number of rotatable bonds is 6. The highest BCUT2D eigenvalue weighted by molar-refractivity contribution is 7.89. The second-order valence-electron chi connectivity index (χ2n) is 4.79. The predicted octanol–water partition coefficient (Wildman–Crippen LogP) is 0.643. The van der Waals surface area contributed by atoms with E-state index < -0.39 is 10.0 Å². The number of aliphatic hydroxyl groups excluding tert-OH is 1. The topological polar surface area (TPSA) is 84.9 Å². The van der Waals surface area contributed by atoms with Gasteiger partial charge in [-0.15, -0.1) is 0 Å². The standard InChI is InChI=1S/C13H19NO5S/c1-18-11-6-10(7-11)14-20(16,17)13-5-9(8-15)3-4-12(13)19-2/h3-5,10-11,14-15H,6-8H2,1-2H3. The number of aliphatic hydroxyl groups is 1. The fourth-order valence-electron chi connectivity index (χ4n) is 2.17. The van der Waals surface area contributed by atoms with E-state index in [9.17, 15) is 8.42 Å². The van der Waals surface area contributed by atoms with Gasteiger partial charge in [0.05, 0.1) is 19.8 Å². The van der Waals surface area contributed by atoms with Gasteiger partial charge in [-0.05, 0) is 30.5 Å². The van der Waals surface area contributed by atoms with Crippen molar-refractivity contribution < 1.29 is 23.0 Å². The molecule has 7 heteroatoms. The van der Waals surface area contributed by atoms with Gasteiger partial charge in [-0.3, -0.25) is 0 Å². The number of benzene rings is 1. The van der Waals surface area contributed by atoms with Crippen molar-refractivity contribution in [2.24, 2.45) is 0 Å². The highest BCUT2D eigenvalue weighted by atomic mass is 32.2. The Morgan fingerprint density at radius 1 is 1.35 bits per heavy atom. The van der Waals surface area contributed by atoms with E-state index in [1.54, 1.807) is 19.2 Å². The number of hydrogen-bond acceptors (Lipinski definition) is 5. The van der Waals surface area contributed by atoms with E-state index >= 15 is 0 Å². The third-order valence-corrected chi connectivity index (χ3v) is 4.99. The lowest BCUT2D eigenvalue weighted by molar-refractivity contribution is 0.0236. The maximum Gasteiger partial charge on any atom is 0.244 e. The lowest BCUT2D eigenvalue weighted by Gasteiger charge is -2.34. The summed E-state index contributed by atoms with van der Waals surface area (Å²) < 4.78 is 37.6. The van der Waals surface area contributed by atoms with Gasteiger partial charge < -0.3 is 14.6 Å². The van der Waals surface area contributed by atoms with Gasteiger partial charge in [0.15, 0.2) is 0 Å². The van der Waals surface area contributed by atoms with Crippen molar-refractivity contribution in [3.63, 3.8) is 0 Å². The maximum atomic E-state index is 12.4. The van der Waals surface area contributed by atoms with E-state index in [0.717, 1.165) is 0 Å². The van der Waals surface area contributed by atoms with Gasteiger partial charge >= 0.3 is 0 Å². The van der Waals surface area contributed by atoms with Crippen molar-refractivity contribution in [2.45, 2.75) is 36.5 Å². The molecule has 1 aliphatic rings. The second-order valence-corrected chi connectivity index (χ2v) is 6.47. The zero-order chi connectivity index (χ0) is 14.8. The Hall–Kier alpha value is -1.15. The Kier molecular flexibility index (Phi) is 4.64. The van der Waals surface area contributed by atoms with Crippen LogP contribution in [0.1, 0.15) is 18.4 Å². The molecule has 20 heavy (non-hydrogen) atoms. The molecule has 0 heterocycles. The van der Waals surface area contributed by atoms with Crippen molar-refractivity contribution >= 4 is 10.0 Å². The lowest BCUT2D eigenvalue weighted by Crippen LogP contribution is -2.47. The van der Waals surface area contributed by atoms with Crippen LogP contribution in [0.5, 0.6) is 5.75 Å². The zero-order valence-electron chi connectivity index (χ0n) is 11.5. The number of ether oxygens (including phenoxy) is 2. The fourth-order valence-corrected chi connectivity index (χ4v) is 3.65. The van der Waals surface area contributed by atoms with E-state index in [1.807, 2.05) is 0 Å². The first-order chi connectivity index (χ1) is 9.50. The Bertz CT molecular complexity index is 566. The summed E-state index contributed by atoms with van der Waals surface area (Å²) >= 11 is 0. The highest BCUT2D eigenvalue weighted by Crippen LogP contribution is 2.28. The van der Waals surface area contributed by atoms with Gasteiger partial charge in [-0.1, -0.05) is 6.07 Å². The Morgan fingerprint density at radius 3 is 2.60 bits per heavy atom. The van der Waals surface area contributed by atoms with Crippen molar-refractivity contribution in [1.82, 2.24) is 4.72 Å². The molecule has 1 saturated carbocycles. The molecule has 0 amide bonds. The van der Waals surface area contributed by atoms with Crippen LogP contribution in [0.25, 0.3) is 0 Å². The summed E-state index contributed by atoms with van der Waals surface area (Å²) in [5.41, 5.74) is 0.523. The summed E-state index contributed by atoms with van der Waals surface area (Å²) in [5, 5.41) is 9.12. The van der Waals surface area contributed by atoms with Crippen molar-refractivity contribution in [2.75, 3.05) is 14.2 Å². The van der Waals surface area contributed by atoms with Gasteiger partial charge in [0.2, 0.25) is 10.0 Å². The molecule has 0 unspecified atom stereocenters. The van der Waals surface area contributed by atoms with Crippen LogP contribution >= 0.6 is 0 Å². The van der Waals surface area contributed by atoms with E-state index in [4.69, 9.17) is 14.6 Å². The summed E-state index contributed by atoms with van der Waals surface area (Å²) in [4.78, 5) is 0.0485. The summed E-state index contributed by atoms with van der Waals surface area (Å²) in [5.74, 6) is 0.261. The molecule has 0 aromatic heterocycles. The molecule has 1 aromatic carbocycles. The summed E-state index contributed by atoms with van der Waals surface area (Å²) in [7, 11) is -0.641. The fraction of sp³-hybridized carbons (Fsp3) is 0.538. The van der Waals surface area contributed by atoms with Crippen LogP contribution in [-0.2, 0) is 21.4 Å². The van der Waals surface area contributed by atoms with Crippen LogP contribution in [0.3, 0.4) is 0 Å². The molecule has 2 rings (SSSR count). The molecule has 112 valence electrons. The summed E-state index contributed by atoms with van der Waals surface area (Å²) in [6.45, 7) is -0.221. The summed E-state index contributed by atoms with van der Waals surface area (Å²) in [6, 6.07) is 4.47. The van der Waals surface area contributed by atoms with Crippen molar-refractivity contribution in [3.05, 3.63) is 23.8 Å². The molecule has 1 fully saturated rings. The Labute approximate surface area is 118 Å². The smallest absolute Gasteiger partial charge is 0.244 e. The molecule has 1 aromatic rings. The maximum absolute atomic E-state index is 12.4. The average molecular weight is 301 g/mol. The normalized spacial score (nSPS) is 22.4. The van der Waals surface area contributed by atoms with Gasteiger partial charge in [0.25, 0.3) is 0 Å². The largest absolute Gasteiger partial charge is 0.495 e. The number of sulfonamides is 1. The first-order valence-electron chi connectivity index (χ1n) is 6.33. The number of nitrogens with one attached hydrogen (secondary N) is 1. The molecule has 0 spiro atoms. The molecule has 0 radical (unpaired) electrons. The quantitative estimate of drug-likeness (QED) is 0.805. The molecule has 0 bridgehead atoms. The minimum atomic E-state index is -3.67. The highest BCUT2D eigenvalue weighted by Gasteiger charge is 2.33. The van der Waals surface area contributed by atoms with Crippen LogP contribution in [-0.4, -0.2) is 39.9 Å². The minimum absolute atomic E-state index is 0.0485. The predicted molar refractivity (Wildman–Crippen MR) is 73.1 cm³/mol. The molecule has 2 N–H and O–H groups in total. The van der Waals surface area contributed by atoms with Crippen LogP contribution in [0.4, 0.5) is 0 Å². The molecule has 0 saturated heterocycles. The molecule has 0 aliphatic heterocycles. The molecule has 0 atom stereocenters. The zero-order valence-corrected chi connectivity index (χ0v) is 12.3. The molecular weight excluding hydrogens is 282 g/mol. The van der Waals surface area contributed by atoms with Crippen LogP contribution < -0.4 is 9.46 Å². The first-order valence-corrected chi connectivity index (χ1v) is 7.81. The minimum Gasteiger partial charge on any atom is -0.495 e. The van der Waals surface area contributed by atoms with Crippen molar-refractivity contribution in [3.8, 4) is 5.75 Å². The molecule has 1 aliphatic carbocycles. The van der Waals surface area contributed by atoms with E-state index in [2.05, 4.69) is 4.72 Å². The SMILES string of the molecule is COc1ccc(CO)cc1S(=O)(=O)NC1CC(OC)C1. The Balaban J connectivity index is 2.20. The third kappa shape index (κ3) is 3.12. The first kappa shape index (κ1) is 15.2. The molecule has 6 nitrogen and oxygen atoms in total. The van der Waals surface area contributed by atoms with Crippen LogP contribution in [0, 0.1) is 0 Å². The van der Waals surface area contributed by atoms with Gasteiger partial charge in [0, 0.05) is 13.2 Å².